The molecular weight excluding hydrogens is 279 g/mol. The number of aliphatic hydroxyl groups excluding tert-OH is 2. The Hall–Kier alpha value is -0.410. The van der Waals surface area contributed by atoms with Crippen molar-refractivity contribution < 1.29 is 32.9 Å². The molecule has 0 saturated heterocycles. The van der Waals surface area contributed by atoms with E-state index in [4.69, 9.17) is 14.6 Å². The Morgan fingerprint density at radius 2 is 1.70 bits per heavy atom. The van der Waals surface area contributed by atoms with Gasteiger partial charge in [-0.1, -0.05) is 13.3 Å². The fraction of sp³-hybridized carbons (Fsp3) is 1.00. The van der Waals surface area contributed by atoms with E-state index in [2.05, 4.69) is 12.2 Å². The molecule has 0 amide bonds. The van der Waals surface area contributed by atoms with E-state index in [1.165, 1.54) is 0 Å². The minimum Gasteiger partial charge on any atom is -0.389 e. The van der Waals surface area contributed by atoms with Crippen molar-refractivity contribution >= 4 is 0 Å². The number of unbranched alkanes of at least 4 members (excludes halogenated alkanes) is 1. The second-order valence-electron chi connectivity index (χ2n) is 4.41. The SMILES string of the molecule is CCCCOCCOCC(O)CNCC(O)C(F)(F)F. The van der Waals surface area contributed by atoms with Crippen LogP contribution in [0.2, 0.25) is 0 Å². The van der Waals surface area contributed by atoms with Gasteiger partial charge in [0.2, 0.25) is 0 Å². The largest absolute Gasteiger partial charge is 0.415 e. The van der Waals surface area contributed by atoms with E-state index in [-0.39, 0.29) is 13.2 Å². The van der Waals surface area contributed by atoms with Gasteiger partial charge in [0.15, 0.2) is 6.10 Å². The first-order chi connectivity index (χ1) is 9.38. The average molecular weight is 303 g/mol. The van der Waals surface area contributed by atoms with Gasteiger partial charge in [0.1, 0.15) is 0 Å². The van der Waals surface area contributed by atoms with Crippen molar-refractivity contribution in [1.29, 1.82) is 0 Å². The summed E-state index contributed by atoms with van der Waals surface area (Å²) in [6.07, 6.45) is -5.97. The van der Waals surface area contributed by atoms with Gasteiger partial charge in [-0.15, -0.1) is 0 Å². The highest BCUT2D eigenvalue weighted by Crippen LogP contribution is 2.18. The molecule has 0 heterocycles. The maximum Gasteiger partial charge on any atom is 0.415 e. The molecule has 5 nitrogen and oxygen atoms in total. The van der Waals surface area contributed by atoms with Crippen LogP contribution < -0.4 is 5.32 Å². The highest BCUT2D eigenvalue weighted by molar-refractivity contribution is 4.69. The molecule has 2 atom stereocenters. The van der Waals surface area contributed by atoms with Crippen LogP contribution in [0, 0.1) is 0 Å². The van der Waals surface area contributed by atoms with Crippen molar-refractivity contribution in [2.75, 3.05) is 39.5 Å². The Morgan fingerprint density at radius 1 is 1.05 bits per heavy atom. The van der Waals surface area contributed by atoms with Crippen LogP contribution in [0.3, 0.4) is 0 Å². The molecule has 0 aromatic carbocycles. The number of aliphatic hydroxyl groups is 2. The van der Waals surface area contributed by atoms with Gasteiger partial charge >= 0.3 is 6.18 Å². The lowest BCUT2D eigenvalue weighted by atomic mass is 10.3. The van der Waals surface area contributed by atoms with Crippen LogP contribution in [0.15, 0.2) is 0 Å². The van der Waals surface area contributed by atoms with E-state index in [1.807, 2.05) is 0 Å². The van der Waals surface area contributed by atoms with E-state index in [0.29, 0.717) is 19.8 Å². The Kier molecular flexibility index (Phi) is 11.0. The fourth-order valence-electron chi connectivity index (χ4n) is 1.25. The molecule has 0 rings (SSSR count). The normalized spacial score (nSPS) is 15.3. The zero-order chi connectivity index (χ0) is 15.4. The first-order valence-corrected chi connectivity index (χ1v) is 6.67. The third kappa shape index (κ3) is 11.4. The zero-order valence-electron chi connectivity index (χ0n) is 11.7. The maximum atomic E-state index is 12.0. The van der Waals surface area contributed by atoms with Gasteiger partial charge in [0.05, 0.1) is 25.9 Å². The predicted octanol–water partition coefficient (Wildman–Crippen LogP) is 0.693. The maximum absolute atomic E-state index is 12.0. The minimum atomic E-state index is -4.65. The van der Waals surface area contributed by atoms with Gasteiger partial charge in [0, 0.05) is 19.7 Å². The Balaban J connectivity index is 3.39. The lowest BCUT2D eigenvalue weighted by molar-refractivity contribution is -0.202. The molecule has 3 N–H and O–H groups in total. The summed E-state index contributed by atoms with van der Waals surface area (Å²) in [5.41, 5.74) is 0. The molecule has 0 aliphatic heterocycles. The van der Waals surface area contributed by atoms with E-state index in [1.54, 1.807) is 0 Å². The van der Waals surface area contributed by atoms with Crippen molar-refractivity contribution in [3.05, 3.63) is 0 Å². The van der Waals surface area contributed by atoms with Crippen LogP contribution in [0.4, 0.5) is 13.2 Å². The molecule has 20 heavy (non-hydrogen) atoms. The van der Waals surface area contributed by atoms with Crippen LogP contribution in [-0.4, -0.2) is 68.1 Å². The van der Waals surface area contributed by atoms with Gasteiger partial charge in [-0.25, -0.2) is 0 Å². The molecule has 0 aromatic rings. The molecule has 0 saturated carbocycles. The van der Waals surface area contributed by atoms with Gasteiger partial charge in [-0.05, 0) is 6.42 Å². The van der Waals surface area contributed by atoms with E-state index in [0.717, 1.165) is 12.8 Å². The summed E-state index contributed by atoms with van der Waals surface area (Å²) >= 11 is 0. The summed E-state index contributed by atoms with van der Waals surface area (Å²) in [6.45, 7) is 2.74. The van der Waals surface area contributed by atoms with Crippen LogP contribution in [0.25, 0.3) is 0 Å². The standard InChI is InChI=1S/C12H24F3NO4/c1-2-3-4-19-5-6-20-9-10(17)7-16-8-11(18)12(13,14)15/h10-11,16-18H,2-9H2,1H3. The van der Waals surface area contributed by atoms with Crippen molar-refractivity contribution in [3.8, 4) is 0 Å². The summed E-state index contributed by atoms with van der Waals surface area (Å²) in [5.74, 6) is 0. The second kappa shape index (κ2) is 11.3. The Labute approximate surface area is 117 Å². The lowest BCUT2D eigenvalue weighted by Crippen LogP contribution is -2.41. The number of hydrogen-bond donors (Lipinski definition) is 3. The fourth-order valence-corrected chi connectivity index (χ4v) is 1.25. The van der Waals surface area contributed by atoms with Gasteiger partial charge in [-0.2, -0.15) is 13.2 Å². The number of alkyl halides is 3. The third-order valence-electron chi connectivity index (χ3n) is 2.42. The number of hydrogen-bond acceptors (Lipinski definition) is 5. The molecule has 0 aliphatic rings. The van der Waals surface area contributed by atoms with Crippen LogP contribution in [0.5, 0.6) is 0 Å². The topological polar surface area (TPSA) is 71.0 Å². The van der Waals surface area contributed by atoms with Crippen LogP contribution >= 0.6 is 0 Å². The van der Waals surface area contributed by atoms with Gasteiger partial charge in [0.25, 0.3) is 0 Å². The monoisotopic (exact) mass is 303 g/mol. The second-order valence-corrected chi connectivity index (χ2v) is 4.41. The molecule has 0 aliphatic carbocycles. The van der Waals surface area contributed by atoms with Crippen LogP contribution in [-0.2, 0) is 9.47 Å². The predicted molar refractivity (Wildman–Crippen MR) is 67.5 cm³/mol. The summed E-state index contributed by atoms with van der Waals surface area (Å²) in [5, 5.41) is 20.4. The third-order valence-corrected chi connectivity index (χ3v) is 2.42. The number of rotatable bonds is 12. The molecule has 0 bridgehead atoms. The first-order valence-electron chi connectivity index (χ1n) is 6.67. The number of halogens is 3. The molecule has 0 radical (unpaired) electrons. The summed E-state index contributed by atoms with van der Waals surface area (Å²) in [4.78, 5) is 0. The number of ether oxygens (including phenoxy) is 2. The Morgan fingerprint density at radius 3 is 2.30 bits per heavy atom. The molecule has 122 valence electrons. The highest BCUT2D eigenvalue weighted by atomic mass is 19.4. The molecule has 0 fully saturated rings. The minimum absolute atomic E-state index is 0.00620. The molecule has 2 unspecified atom stereocenters. The van der Waals surface area contributed by atoms with Crippen molar-refractivity contribution in [2.24, 2.45) is 0 Å². The number of nitrogens with one attached hydrogen (secondary N) is 1. The lowest BCUT2D eigenvalue weighted by Gasteiger charge is -2.17. The molecule has 8 heteroatoms. The Bertz CT molecular complexity index is 229. The van der Waals surface area contributed by atoms with Crippen LogP contribution in [0.1, 0.15) is 19.8 Å². The van der Waals surface area contributed by atoms with E-state index < -0.39 is 24.9 Å². The van der Waals surface area contributed by atoms with Gasteiger partial charge in [-0.3, -0.25) is 0 Å². The van der Waals surface area contributed by atoms with Crippen molar-refractivity contribution in [3.63, 3.8) is 0 Å². The van der Waals surface area contributed by atoms with Gasteiger partial charge < -0.3 is 25.0 Å². The first kappa shape index (κ1) is 19.6. The highest BCUT2D eigenvalue weighted by Gasteiger charge is 2.37. The quantitative estimate of drug-likeness (QED) is 0.463. The molecule has 0 spiro atoms. The molecule has 0 aromatic heterocycles. The van der Waals surface area contributed by atoms with Crippen molar-refractivity contribution in [1.82, 2.24) is 5.32 Å². The zero-order valence-corrected chi connectivity index (χ0v) is 11.7. The van der Waals surface area contributed by atoms with E-state index >= 15 is 0 Å². The van der Waals surface area contributed by atoms with E-state index in [9.17, 15) is 18.3 Å². The average Bonchev–Trinajstić information content (AvgIpc) is 2.36. The summed E-state index contributed by atoms with van der Waals surface area (Å²) < 4.78 is 46.2. The summed E-state index contributed by atoms with van der Waals surface area (Å²) in [7, 11) is 0. The molecular formula is C12H24F3NO4. The van der Waals surface area contributed by atoms with Crippen molar-refractivity contribution in [2.45, 2.75) is 38.1 Å². The smallest absolute Gasteiger partial charge is 0.389 e. The summed E-state index contributed by atoms with van der Waals surface area (Å²) in [6, 6.07) is 0.